The van der Waals surface area contributed by atoms with E-state index in [-0.39, 0.29) is 0 Å². The smallest absolute Gasteiger partial charge is 0.134 e. The fourth-order valence-corrected chi connectivity index (χ4v) is 1.60. The maximum Gasteiger partial charge on any atom is 0.134 e. The van der Waals surface area contributed by atoms with Crippen molar-refractivity contribution in [2.45, 2.75) is 4.90 Å². The van der Waals surface area contributed by atoms with Gasteiger partial charge in [-0.25, -0.2) is 0 Å². The highest BCUT2D eigenvalue weighted by molar-refractivity contribution is 9.10. The fraction of sp³-hybridized carbons (Fsp3) is 0.250. The van der Waals surface area contributed by atoms with Crippen molar-refractivity contribution in [1.82, 2.24) is 0 Å². The van der Waals surface area contributed by atoms with Crippen LogP contribution in [-0.2, 0) is 0 Å². The second-order valence-electron chi connectivity index (χ2n) is 2.00. The lowest BCUT2D eigenvalue weighted by Crippen LogP contribution is -1.83. The average molecular weight is 233 g/mol. The van der Waals surface area contributed by atoms with E-state index in [0.717, 1.165) is 10.2 Å². The highest BCUT2D eigenvalue weighted by atomic mass is 79.9. The van der Waals surface area contributed by atoms with Crippen molar-refractivity contribution in [3.8, 4) is 5.75 Å². The lowest BCUT2D eigenvalue weighted by Gasteiger charge is -2.03. The van der Waals surface area contributed by atoms with E-state index < -0.39 is 0 Å². The number of methoxy groups -OCH3 is 1. The van der Waals surface area contributed by atoms with Gasteiger partial charge in [0.15, 0.2) is 0 Å². The summed E-state index contributed by atoms with van der Waals surface area (Å²) in [5, 5.41) is 0. The van der Waals surface area contributed by atoms with Gasteiger partial charge >= 0.3 is 0 Å². The monoisotopic (exact) mass is 232 g/mol. The lowest BCUT2D eigenvalue weighted by molar-refractivity contribution is 0.411. The third kappa shape index (κ3) is 2.14. The van der Waals surface area contributed by atoms with Crippen LogP contribution in [0.2, 0.25) is 0 Å². The second-order valence-corrected chi connectivity index (χ2v) is 3.73. The minimum Gasteiger partial charge on any atom is -0.496 e. The summed E-state index contributed by atoms with van der Waals surface area (Å²) >= 11 is 5.09. The molecule has 11 heavy (non-hydrogen) atoms. The molecule has 0 aliphatic carbocycles. The van der Waals surface area contributed by atoms with E-state index in [2.05, 4.69) is 22.0 Å². The summed E-state index contributed by atoms with van der Waals surface area (Å²) in [5.41, 5.74) is 0. The molecule has 0 aromatic heterocycles. The minimum absolute atomic E-state index is 0.886. The molecule has 0 saturated carbocycles. The van der Waals surface area contributed by atoms with Crippen LogP contribution in [0.15, 0.2) is 27.6 Å². The minimum atomic E-state index is 0.886. The van der Waals surface area contributed by atoms with Crippen molar-refractivity contribution in [3.63, 3.8) is 0 Å². The van der Waals surface area contributed by atoms with E-state index in [1.54, 1.807) is 18.9 Å². The van der Waals surface area contributed by atoms with E-state index in [4.69, 9.17) is 4.74 Å². The van der Waals surface area contributed by atoms with Gasteiger partial charge in [0.2, 0.25) is 0 Å². The van der Waals surface area contributed by atoms with Gasteiger partial charge in [-0.1, -0.05) is 0 Å². The molecule has 0 spiro atoms. The van der Waals surface area contributed by atoms with Crippen molar-refractivity contribution in [1.29, 1.82) is 0 Å². The lowest BCUT2D eigenvalue weighted by atomic mass is 10.3. The first-order valence-electron chi connectivity index (χ1n) is 3.15. The Hall–Kier alpha value is -0.150. The zero-order valence-corrected chi connectivity index (χ0v) is 8.83. The van der Waals surface area contributed by atoms with Crippen LogP contribution in [0, 0.1) is 0 Å². The van der Waals surface area contributed by atoms with Gasteiger partial charge < -0.3 is 4.74 Å². The molecule has 0 radical (unpaired) electrons. The van der Waals surface area contributed by atoms with Crippen LogP contribution < -0.4 is 4.74 Å². The first kappa shape index (κ1) is 8.94. The summed E-state index contributed by atoms with van der Waals surface area (Å²) in [6.07, 6.45) is 2.04. The standard InChI is InChI=1S/C8H9BrOS/c1-10-8-5-6(11-2)3-4-7(8)9/h3-5H,1-2H3. The van der Waals surface area contributed by atoms with Gasteiger partial charge in [-0.3, -0.25) is 0 Å². The van der Waals surface area contributed by atoms with Gasteiger partial charge in [0, 0.05) is 4.90 Å². The summed E-state index contributed by atoms with van der Waals surface area (Å²) in [5.74, 6) is 0.886. The molecule has 0 saturated heterocycles. The topological polar surface area (TPSA) is 9.23 Å². The van der Waals surface area contributed by atoms with Crippen molar-refractivity contribution in [2.24, 2.45) is 0 Å². The zero-order chi connectivity index (χ0) is 8.27. The van der Waals surface area contributed by atoms with Crippen molar-refractivity contribution >= 4 is 27.7 Å². The molecule has 0 aliphatic heterocycles. The molecule has 0 amide bonds. The molecule has 0 atom stereocenters. The summed E-state index contributed by atoms with van der Waals surface area (Å²) in [4.78, 5) is 1.21. The number of hydrogen-bond acceptors (Lipinski definition) is 2. The number of benzene rings is 1. The predicted octanol–water partition coefficient (Wildman–Crippen LogP) is 3.18. The normalized spacial score (nSPS) is 9.73. The Labute approximate surface area is 79.3 Å². The molecule has 0 bridgehead atoms. The van der Waals surface area contributed by atoms with Crippen LogP contribution in [0.3, 0.4) is 0 Å². The molecule has 1 nitrogen and oxygen atoms in total. The molecule has 0 N–H and O–H groups in total. The Bertz CT molecular complexity index is 250. The highest BCUT2D eigenvalue weighted by Crippen LogP contribution is 2.28. The van der Waals surface area contributed by atoms with Crippen LogP contribution in [0.5, 0.6) is 5.75 Å². The van der Waals surface area contributed by atoms with Crippen molar-refractivity contribution in [2.75, 3.05) is 13.4 Å². The van der Waals surface area contributed by atoms with E-state index in [1.165, 1.54) is 4.90 Å². The van der Waals surface area contributed by atoms with Crippen LogP contribution >= 0.6 is 27.7 Å². The Balaban J connectivity index is 3.02. The number of thioether (sulfide) groups is 1. The first-order chi connectivity index (χ1) is 5.27. The van der Waals surface area contributed by atoms with Crippen molar-refractivity contribution < 1.29 is 4.74 Å². The Kier molecular flexibility index (Phi) is 3.27. The molecule has 0 aliphatic rings. The van der Waals surface area contributed by atoms with Crippen LogP contribution in [0.4, 0.5) is 0 Å². The number of halogens is 1. The number of ether oxygens (including phenoxy) is 1. The number of hydrogen-bond donors (Lipinski definition) is 0. The Morgan fingerprint density at radius 3 is 2.73 bits per heavy atom. The summed E-state index contributed by atoms with van der Waals surface area (Å²) < 4.78 is 6.13. The molecular formula is C8H9BrOS. The molecule has 3 heteroatoms. The van der Waals surface area contributed by atoms with E-state index in [1.807, 2.05) is 18.4 Å². The van der Waals surface area contributed by atoms with E-state index in [9.17, 15) is 0 Å². The third-order valence-electron chi connectivity index (χ3n) is 1.36. The van der Waals surface area contributed by atoms with Gasteiger partial charge in [-0.05, 0) is 40.4 Å². The van der Waals surface area contributed by atoms with Crippen LogP contribution in [0.25, 0.3) is 0 Å². The maximum absolute atomic E-state index is 5.13. The second kappa shape index (κ2) is 4.02. The van der Waals surface area contributed by atoms with E-state index >= 15 is 0 Å². The Morgan fingerprint density at radius 1 is 1.45 bits per heavy atom. The fourth-order valence-electron chi connectivity index (χ4n) is 0.767. The highest BCUT2D eigenvalue weighted by Gasteiger charge is 1.99. The van der Waals surface area contributed by atoms with Gasteiger partial charge in [-0.2, -0.15) is 0 Å². The Morgan fingerprint density at radius 2 is 2.18 bits per heavy atom. The molecule has 0 heterocycles. The van der Waals surface area contributed by atoms with Gasteiger partial charge in [0.1, 0.15) is 5.75 Å². The SMILES string of the molecule is COc1cc(SC)ccc1Br. The van der Waals surface area contributed by atoms with Gasteiger partial charge in [0.05, 0.1) is 11.6 Å². The third-order valence-corrected chi connectivity index (χ3v) is 2.74. The average Bonchev–Trinajstić information content (AvgIpc) is 2.05. The molecule has 1 rings (SSSR count). The van der Waals surface area contributed by atoms with Crippen LogP contribution in [-0.4, -0.2) is 13.4 Å². The quantitative estimate of drug-likeness (QED) is 0.725. The molecule has 1 aromatic rings. The first-order valence-corrected chi connectivity index (χ1v) is 5.17. The molecule has 1 aromatic carbocycles. The zero-order valence-electron chi connectivity index (χ0n) is 6.43. The van der Waals surface area contributed by atoms with Crippen LogP contribution in [0.1, 0.15) is 0 Å². The van der Waals surface area contributed by atoms with Gasteiger partial charge in [0.25, 0.3) is 0 Å². The van der Waals surface area contributed by atoms with Gasteiger partial charge in [-0.15, -0.1) is 11.8 Å². The van der Waals surface area contributed by atoms with Crippen molar-refractivity contribution in [3.05, 3.63) is 22.7 Å². The summed E-state index contributed by atoms with van der Waals surface area (Å²) in [6.45, 7) is 0. The number of rotatable bonds is 2. The molecule has 0 fully saturated rings. The summed E-state index contributed by atoms with van der Waals surface area (Å²) in [6, 6.07) is 6.05. The maximum atomic E-state index is 5.13. The molecular weight excluding hydrogens is 224 g/mol. The molecule has 0 unspecified atom stereocenters. The molecule has 60 valence electrons. The summed E-state index contributed by atoms with van der Waals surface area (Å²) in [7, 11) is 1.67. The predicted molar refractivity (Wildman–Crippen MR) is 52.5 cm³/mol. The largest absolute Gasteiger partial charge is 0.496 e. The van der Waals surface area contributed by atoms with E-state index in [0.29, 0.717) is 0 Å².